The van der Waals surface area contributed by atoms with Gasteiger partial charge in [-0.2, -0.15) is 0 Å². The Labute approximate surface area is 88.9 Å². The van der Waals surface area contributed by atoms with Crippen LogP contribution >= 0.6 is 0 Å². The molecule has 1 rings (SSSR count). The highest BCUT2D eigenvalue weighted by Gasteiger charge is 1.99. The average Bonchev–Trinajstić information content (AvgIpc) is 2.18. The van der Waals surface area contributed by atoms with Crippen molar-refractivity contribution in [2.24, 2.45) is 0 Å². The molecule has 5 nitrogen and oxygen atoms in total. The Morgan fingerprint density at radius 2 is 2.40 bits per heavy atom. The molecule has 0 aromatic carbocycles. The van der Waals surface area contributed by atoms with Gasteiger partial charge in [0.15, 0.2) is 0 Å². The summed E-state index contributed by atoms with van der Waals surface area (Å²) in [6, 6.07) is 1.53. The van der Waals surface area contributed by atoms with Crippen LogP contribution in [0.15, 0.2) is 10.9 Å². The molecule has 0 aliphatic heterocycles. The van der Waals surface area contributed by atoms with Gasteiger partial charge in [-0.1, -0.05) is 13.3 Å². The molecule has 84 valence electrons. The van der Waals surface area contributed by atoms with E-state index in [1.54, 1.807) is 7.11 Å². The molecule has 1 heterocycles. The van der Waals surface area contributed by atoms with Crippen LogP contribution in [-0.4, -0.2) is 30.2 Å². The molecular formula is C10H17N3O2. The summed E-state index contributed by atoms with van der Waals surface area (Å²) in [5, 5.41) is 2.99. The minimum atomic E-state index is -0.117. The summed E-state index contributed by atoms with van der Waals surface area (Å²) in [4.78, 5) is 18.2. The first kappa shape index (κ1) is 11.7. The van der Waals surface area contributed by atoms with E-state index in [4.69, 9.17) is 4.74 Å². The van der Waals surface area contributed by atoms with E-state index in [1.165, 1.54) is 6.07 Å². The molecular weight excluding hydrogens is 194 g/mol. The van der Waals surface area contributed by atoms with Gasteiger partial charge >= 0.3 is 0 Å². The number of anilines is 1. The molecule has 0 radical (unpaired) electrons. The quantitative estimate of drug-likeness (QED) is 0.682. The second-order valence-corrected chi connectivity index (χ2v) is 3.25. The molecule has 0 bridgehead atoms. The van der Waals surface area contributed by atoms with Crippen molar-refractivity contribution in [3.63, 3.8) is 0 Å². The Balaban J connectivity index is 2.66. The zero-order valence-electron chi connectivity index (χ0n) is 9.17. The number of hydrogen-bond acceptors (Lipinski definition) is 4. The molecule has 2 N–H and O–H groups in total. The maximum absolute atomic E-state index is 11.3. The zero-order chi connectivity index (χ0) is 11.1. The Bertz CT molecular complexity index is 349. The lowest BCUT2D eigenvalue weighted by Crippen LogP contribution is -2.16. The number of rotatable bonds is 6. The van der Waals surface area contributed by atoms with Gasteiger partial charge < -0.3 is 10.1 Å². The fourth-order valence-electron chi connectivity index (χ4n) is 1.25. The van der Waals surface area contributed by atoms with Crippen molar-refractivity contribution in [2.75, 3.05) is 25.6 Å². The van der Waals surface area contributed by atoms with Crippen molar-refractivity contribution in [3.05, 3.63) is 22.1 Å². The molecule has 15 heavy (non-hydrogen) atoms. The van der Waals surface area contributed by atoms with Crippen LogP contribution < -0.4 is 10.9 Å². The lowest BCUT2D eigenvalue weighted by Gasteiger charge is -2.05. The lowest BCUT2D eigenvalue weighted by molar-refractivity contribution is 0.210. The number of nitrogens with zero attached hydrogens (tertiary/aromatic N) is 1. The van der Waals surface area contributed by atoms with Crippen LogP contribution in [0.2, 0.25) is 0 Å². The van der Waals surface area contributed by atoms with Crippen molar-refractivity contribution in [2.45, 2.75) is 19.8 Å². The molecule has 0 saturated heterocycles. The van der Waals surface area contributed by atoms with Gasteiger partial charge in [0.1, 0.15) is 0 Å². The van der Waals surface area contributed by atoms with Crippen molar-refractivity contribution in [1.29, 1.82) is 0 Å². The largest absolute Gasteiger partial charge is 0.383 e. The second kappa shape index (κ2) is 6.19. The number of aryl methyl sites for hydroxylation is 1. The number of ether oxygens (including phenoxy) is 1. The van der Waals surface area contributed by atoms with Gasteiger partial charge in [-0.25, -0.2) is 4.98 Å². The van der Waals surface area contributed by atoms with Crippen LogP contribution in [0.5, 0.6) is 0 Å². The normalized spacial score (nSPS) is 10.3. The minimum absolute atomic E-state index is 0.117. The minimum Gasteiger partial charge on any atom is -0.383 e. The van der Waals surface area contributed by atoms with Crippen molar-refractivity contribution in [1.82, 2.24) is 9.97 Å². The standard InChI is InChI=1S/C10H17N3O2/c1-3-4-8-7-9(14)13-10(12-8)11-5-6-15-2/h7H,3-6H2,1-2H3,(H2,11,12,13,14). The molecule has 0 aliphatic carbocycles. The second-order valence-electron chi connectivity index (χ2n) is 3.25. The van der Waals surface area contributed by atoms with Gasteiger partial charge in [-0.3, -0.25) is 9.78 Å². The van der Waals surface area contributed by atoms with Gasteiger partial charge in [0, 0.05) is 25.4 Å². The molecule has 0 fully saturated rings. The summed E-state index contributed by atoms with van der Waals surface area (Å²) >= 11 is 0. The number of methoxy groups -OCH3 is 1. The van der Waals surface area contributed by atoms with Crippen LogP contribution in [0.3, 0.4) is 0 Å². The lowest BCUT2D eigenvalue weighted by atomic mass is 10.2. The highest BCUT2D eigenvalue weighted by atomic mass is 16.5. The van der Waals surface area contributed by atoms with Crippen LogP contribution in [0.1, 0.15) is 19.0 Å². The first-order chi connectivity index (χ1) is 7.26. The summed E-state index contributed by atoms with van der Waals surface area (Å²) in [5.74, 6) is 0.517. The van der Waals surface area contributed by atoms with E-state index >= 15 is 0 Å². The fourth-order valence-corrected chi connectivity index (χ4v) is 1.25. The van der Waals surface area contributed by atoms with Crippen LogP contribution in [0, 0.1) is 0 Å². The van der Waals surface area contributed by atoms with Crippen LogP contribution in [0.4, 0.5) is 5.95 Å². The Hall–Kier alpha value is -1.36. The predicted molar refractivity (Wildman–Crippen MR) is 59.2 cm³/mol. The highest BCUT2D eigenvalue weighted by Crippen LogP contribution is 1.99. The summed E-state index contributed by atoms with van der Waals surface area (Å²) in [5.41, 5.74) is 0.703. The molecule has 0 saturated carbocycles. The third kappa shape index (κ3) is 4.12. The van der Waals surface area contributed by atoms with Crippen molar-refractivity contribution >= 4 is 5.95 Å². The number of aromatic nitrogens is 2. The molecule has 0 amide bonds. The maximum Gasteiger partial charge on any atom is 0.252 e. The van der Waals surface area contributed by atoms with Crippen molar-refractivity contribution in [3.8, 4) is 0 Å². The Morgan fingerprint density at radius 3 is 3.07 bits per heavy atom. The van der Waals surface area contributed by atoms with Gasteiger partial charge in [0.05, 0.1) is 6.61 Å². The van der Waals surface area contributed by atoms with Gasteiger partial charge in [-0.05, 0) is 6.42 Å². The van der Waals surface area contributed by atoms with E-state index in [0.29, 0.717) is 19.1 Å². The van der Waals surface area contributed by atoms with Crippen LogP contribution in [-0.2, 0) is 11.2 Å². The molecule has 0 unspecified atom stereocenters. The first-order valence-corrected chi connectivity index (χ1v) is 5.09. The SMILES string of the molecule is CCCc1cc(=O)[nH]c(NCCOC)n1. The number of nitrogens with one attached hydrogen (secondary N) is 2. The van der Waals surface area contributed by atoms with E-state index in [9.17, 15) is 4.79 Å². The summed E-state index contributed by atoms with van der Waals surface area (Å²) in [6.07, 6.45) is 1.80. The summed E-state index contributed by atoms with van der Waals surface area (Å²) in [6.45, 7) is 3.28. The van der Waals surface area contributed by atoms with Crippen LogP contribution in [0.25, 0.3) is 0 Å². The van der Waals surface area contributed by atoms with E-state index in [-0.39, 0.29) is 5.56 Å². The monoisotopic (exact) mass is 211 g/mol. The molecule has 5 heteroatoms. The molecule has 0 spiro atoms. The van der Waals surface area contributed by atoms with Gasteiger partial charge in [0.25, 0.3) is 5.56 Å². The number of H-pyrrole nitrogens is 1. The smallest absolute Gasteiger partial charge is 0.252 e. The molecule has 1 aromatic heterocycles. The molecule has 0 atom stereocenters. The third-order valence-corrected chi connectivity index (χ3v) is 1.90. The van der Waals surface area contributed by atoms with E-state index in [1.807, 2.05) is 0 Å². The maximum atomic E-state index is 11.3. The van der Waals surface area contributed by atoms with E-state index in [2.05, 4.69) is 22.2 Å². The predicted octanol–water partition coefficient (Wildman–Crippen LogP) is 0.781. The molecule has 0 aliphatic rings. The van der Waals surface area contributed by atoms with E-state index in [0.717, 1.165) is 18.5 Å². The zero-order valence-corrected chi connectivity index (χ0v) is 9.17. The number of hydrogen-bond donors (Lipinski definition) is 2. The Morgan fingerprint density at radius 1 is 1.60 bits per heavy atom. The van der Waals surface area contributed by atoms with E-state index < -0.39 is 0 Å². The molecule has 1 aromatic rings. The third-order valence-electron chi connectivity index (χ3n) is 1.90. The van der Waals surface area contributed by atoms with Crippen molar-refractivity contribution < 1.29 is 4.74 Å². The van der Waals surface area contributed by atoms with Gasteiger partial charge in [-0.15, -0.1) is 0 Å². The average molecular weight is 211 g/mol. The Kier molecular flexibility index (Phi) is 4.83. The summed E-state index contributed by atoms with van der Waals surface area (Å²) in [7, 11) is 1.63. The number of aromatic amines is 1. The first-order valence-electron chi connectivity index (χ1n) is 5.09. The topological polar surface area (TPSA) is 67.0 Å². The van der Waals surface area contributed by atoms with Gasteiger partial charge in [0.2, 0.25) is 5.95 Å². The summed E-state index contributed by atoms with van der Waals surface area (Å²) < 4.78 is 4.89. The fraction of sp³-hybridized carbons (Fsp3) is 0.600. The highest BCUT2D eigenvalue weighted by molar-refractivity contribution is 5.24.